The highest BCUT2D eigenvalue weighted by Gasteiger charge is 2.35. The first-order chi connectivity index (χ1) is 10.6. The van der Waals surface area contributed by atoms with Crippen molar-refractivity contribution in [2.75, 3.05) is 0 Å². The largest absolute Gasteiger partial charge is 0.370 e. The normalized spacial score (nSPS) is 14.1. The zero-order valence-electron chi connectivity index (χ0n) is 14.8. The van der Waals surface area contributed by atoms with Gasteiger partial charge in [-0.2, -0.15) is 0 Å². The summed E-state index contributed by atoms with van der Waals surface area (Å²) in [5, 5.41) is 1.82. The Morgan fingerprint density at radius 2 is 1.65 bits per heavy atom. The molecule has 0 aliphatic rings. The molecule has 0 bridgehead atoms. The maximum Gasteiger partial charge on any atom is 0.220 e. The van der Waals surface area contributed by atoms with Gasteiger partial charge in [-0.15, -0.1) is 11.6 Å². The number of rotatable bonds is 11. The molecule has 5 nitrogen and oxygen atoms in total. The van der Waals surface area contributed by atoms with E-state index < -0.39 is 22.7 Å². The van der Waals surface area contributed by atoms with Crippen LogP contribution in [0.1, 0.15) is 72.6 Å². The minimum atomic E-state index is -0.947. The van der Waals surface area contributed by atoms with Gasteiger partial charge in [0.05, 0.1) is 17.8 Å². The van der Waals surface area contributed by atoms with Crippen LogP contribution < -0.4 is 11.1 Å². The van der Waals surface area contributed by atoms with Gasteiger partial charge in [-0.1, -0.05) is 53.4 Å². The van der Waals surface area contributed by atoms with E-state index in [9.17, 15) is 14.4 Å². The van der Waals surface area contributed by atoms with E-state index in [2.05, 4.69) is 12.2 Å². The first-order valence-corrected chi connectivity index (χ1v) is 8.78. The lowest BCUT2D eigenvalue weighted by atomic mass is 9.86. The Morgan fingerprint density at radius 1 is 1.09 bits per heavy atom. The minimum Gasteiger partial charge on any atom is -0.370 e. The SMILES string of the molecule is CCCCCCCC(=O)N[C@H](CC(N)=O)C(=O)[C@H](Cl)C(C)(C)C. The average molecular weight is 347 g/mol. The van der Waals surface area contributed by atoms with E-state index >= 15 is 0 Å². The summed E-state index contributed by atoms with van der Waals surface area (Å²) in [7, 11) is 0. The quantitative estimate of drug-likeness (QED) is 0.445. The maximum atomic E-state index is 12.4. The van der Waals surface area contributed by atoms with Crippen molar-refractivity contribution in [3.8, 4) is 0 Å². The smallest absolute Gasteiger partial charge is 0.220 e. The number of ketones is 1. The van der Waals surface area contributed by atoms with Crippen LogP contribution in [0.3, 0.4) is 0 Å². The average Bonchev–Trinajstić information content (AvgIpc) is 2.43. The third-order valence-electron chi connectivity index (χ3n) is 3.60. The van der Waals surface area contributed by atoms with E-state index in [1.54, 1.807) is 0 Å². The molecule has 6 heteroatoms. The van der Waals surface area contributed by atoms with Crippen LogP contribution in [0.2, 0.25) is 0 Å². The van der Waals surface area contributed by atoms with Gasteiger partial charge in [-0.25, -0.2) is 0 Å². The van der Waals surface area contributed by atoms with Gasteiger partial charge >= 0.3 is 0 Å². The summed E-state index contributed by atoms with van der Waals surface area (Å²) < 4.78 is 0. The molecule has 134 valence electrons. The summed E-state index contributed by atoms with van der Waals surface area (Å²) in [4.78, 5) is 35.6. The third kappa shape index (κ3) is 9.59. The highest BCUT2D eigenvalue weighted by atomic mass is 35.5. The molecule has 0 aromatic heterocycles. The second-order valence-corrected chi connectivity index (χ2v) is 7.52. The molecule has 23 heavy (non-hydrogen) atoms. The van der Waals surface area contributed by atoms with Crippen molar-refractivity contribution in [3.05, 3.63) is 0 Å². The molecular formula is C17H31ClN2O3. The number of unbranched alkanes of at least 4 members (excludes halogenated alkanes) is 4. The number of nitrogens with one attached hydrogen (secondary N) is 1. The predicted octanol–water partition coefficient (Wildman–Crippen LogP) is 2.93. The van der Waals surface area contributed by atoms with Crippen LogP contribution in [-0.4, -0.2) is 29.0 Å². The first-order valence-electron chi connectivity index (χ1n) is 8.35. The number of hydrogen-bond donors (Lipinski definition) is 2. The highest BCUT2D eigenvalue weighted by molar-refractivity contribution is 6.32. The van der Waals surface area contributed by atoms with Gasteiger partial charge in [0, 0.05) is 6.42 Å². The van der Waals surface area contributed by atoms with Crippen LogP contribution in [0.4, 0.5) is 0 Å². The van der Waals surface area contributed by atoms with E-state index in [1.807, 2.05) is 20.8 Å². The van der Waals surface area contributed by atoms with Crippen molar-refractivity contribution in [3.63, 3.8) is 0 Å². The van der Waals surface area contributed by atoms with Crippen molar-refractivity contribution < 1.29 is 14.4 Å². The van der Waals surface area contributed by atoms with E-state index in [0.717, 1.165) is 32.1 Å². The summed E-state index contributed by atoms with van der Waals surface area (Å²) in [5.74, 6) is -1.24. The molecule has 0 unspecified atom stereocenters. The molecule has 0 saturated heterocycles. The predicted molar refractivity (Wildman–Crippen MR) is 93.2 cm³/mol. The Labute approximate surface area is 144 Å². The summed E-state index contributed by atoms with van der Waals surface area (Å²) in [6, 6.07) is -0.947. The number of alkyl halides is 1. The number of amides is 2. The van der Waals surface area contributed by atoms with E-state index in [4.69, 9.17) is 17.3 Å². The van der Waals surface area contributed by atoms with Gasteiger partial charge in [0.1, 0.15) is 0 Å². The molecule has 0 aromatic carbocycles. The summed E-state index contributed by atoms with van der Waals surface area (Å²) in [6.07, 6.45) is 5.27. The third-order valence-corrected chi connectivity index (χ3v) is 4.47. The summed E-state index contributed by atoms with van der Waals surface area (Å²) in [5.41, 5.74) is 4.73. The topological polar surface area (TPSA) is 89.3 Å². The van der Waals surface area contributed by atoms with Crippen molar-refractivity contribution in [2.45, 2.75) is 84.1 Å². The lowest BCUT2D eigenvalue weighted by molar-refractivity contribution is -0.130. The number of primary amides is 1. The number of nitrogens with two attached hydrogens (primary N) is 1. The molecular weight excluding hydrogens is 316 g/mol. The number of Topliss-reactive ketones (excluding diaryl/α,β-unsaturated/α-hetero) is 1. The Kier molecular flexibility index (Phi) is 10.1. The number of hydrogen-bond acceptors (Lipinski definition) is 3. The molecule has 0 saturated carbocycles. The second-order valence-electron chi connectivity index (χ2n) is 7.09. The van der Waals surface area contributed by atoms with Crippen molar-refractivity contribution in [1.29, 1.82) is 0 Å². The van der Waals surface area contributed by atoms with Crippen LogP contribution in [0, 0.1) is 5.41 Å². The van der Waals surface area contributed by atoms with E-state index in [-0.39, 0.29) is 18.1 Å². The number of halogens is 1. The van der Waals surface area contributed by atoms with Gasteiger partial charge in [-0.05, 0) is 11.8 Å². The molecule has 2 atom stereocenters. The van der Waals surface area contributed by atoms with Gasteiger partial charge in [0.2, 0.25) is 11.8 Å². The molecule has 0 heterocycles. The fourth-order valence-corrected chi connectivity index (χ4v) is 2.34. The van der Waals surface area contributed by atoms with E-state index in [0.29, 0.717) is 6.42 Å². The van der Waals surface area contributed by atoms with Crippen LogP contribution in [0.25, 0.3) is 0 Å². The minimum absolute atomic E-state index is 0.223. The molecule has 2 amide bonds. The van der Waals surface area contributed by atoms with Gasteiger partial charge in [-0.3, -0.25) is 14.4 Å². The van der Waals surface area contributed by atoms with Crippen molar-refractivity contribution in [2.24, 2.45) is 11.1 Å². The molecule has 3 N–H and O–H groups in total. The maximum absolute atomic E-state index is 12.4. The lowest BCUT2D eigenvalue weighted by Crippen LogP contribution is -2.48. The van der Waals surface area contributed by atoms with Gasteiger partial charge < -0.3 is 11.1 Å². The summed E-state index contributed by atoms with van der Waals surface area (Å²) in [6.45, 7) is 7.63. The molecule has 0 aliphatic carbocycles. The second kappa shape index (κ2) is 10.6. The van der Waals surface area contributed by atoms with Gasteiger partial charge in [0.25, 0.3) is 0 Å². The molecule has 0 spiro atoms. The van der Waals surface area contributed by atoms with Crippen molar-refractivity contribution >= 4 is 29.2 Å². The van der Waals surface area contributed by atoms with Crippen LogP contribution in [0.15, 0.2) is 0 Å². The molecule has 0 aromatic rings. The van der Waals surface area contributed by atoms with Crippen LogP contribution >= 0.6 is 11.6 Å². The molecule has 0 aliphatic heterocycles. The van der Waals surface area contributed by atoms with Gasteiger partial charge in [0.15, 0.2) is 5.78 Å². The Bertz CT molecular complexity index is 405. The Balaban J connectivity index is 4.58. The lowest BCUT2D eigenvalue weighted by Gasteiger charge is -2.27. The van der Waals surface area contributed by atoms with Crippen LogP contribution in [0.5, 0.6) is 0 Å². The highest BCUT2D eigenvalue weighted by Crippen LogP contribution is 2.26. The fourth-order valence-electron chi connectivity index (χ4n) is 2.18. The number of carbonyl (C=O) groups is 3. The number of carbonyl (C=O) groups excluding carboxylic acids is 3. The summed E-state index contributed by atoms with van der Waals surface area (Å²) >= 11 is 6.18. The molecule has 0 radical (unpaired) electrons. The fraction of sp³-hybridized carbons (Fsp3) is 0.824. The zero-order valence-corrected chi connectivity index (χ0v) is 15.5. The molecule has 0 rings (SSSR count). The first kappa shape index (κ1) is 21.9. The Morgan fingerprint density at radius 3 is 2.13 bits per heavy atom. The Hall–Kier alpha value is -1.10. The zero-order chi connectivity index (χ0) is 18.0. The van der Waals surface area contributed by atoms with Crippen molar-refractivity contribution in [1.82, 2.24) is 5.32 Å². The monoisotopic (exact) mass is 346 g/mol. The van der Waals surface area contributed by atoms with E-state index in [1.165, 1.54) is 0 Å². The molecule has 0 fully saturated rings. The standard InChI is InChI=1S/C17H31ClN2O3/c1-5-6-7-8-9-10-14(22)20-12(11-13(19)21)15(23)16(18)17(2,3)4/h12,16H,5-11H2,1-4H3,(H2,19,21)(H,20,22)/t12-,16+/m1/s1. The van der Waals surface area contributed by atoms with Crippen LogP contribution in [-0.2, 0) is 14.4 Å².